The van der Waals surface area contributed by atoms with E-state index in [0.29, 0.717) is 11.8 Å². The van der Waals surface area contributed by atoms with Crippen molar-refractivity contribution < 1.29 is 0 Å². The predicted molar refractivity (Wildman–Crippen MR) is 139 cm³/mol. The fraction of sp³-hybridized carbons (Fsp3) is 0.0588. The van der Waals surface area contributed by atoms with Crippen LogP contribution in [0.1, 0.15) is 45.2 Å². The van der Waals surface area contributed by atoms with E-state index < -0.39 is 0 Å². The van der Waals surface area contributed by atoms with Crippen molar-refractivity contribution in [2.75, 3.05) is 0 Å². The molecule has 0 fully saturated rings. The van der Waals surface area contributed by atoms with E-state index in [1.54, 1.807) is 33.4 Å². The van der Waals surface area contributed by atoms with Gasteiger partial charge in [-0.3, -0.25) is 0 Å². The third-order valence-corrected chi connectivity index (χ3v) is 9.64. The molecule has 0 amide bonds. The molecule has 0 heterocycles. The summed E-state index contributed by atoms with van der Waals surface area (Å²) in [6, 6.07) is 33.0. The van der Waals surface area contributed by atoms with Gasteiger partial charge in [-0.15, -0.1) is 0 Å². The highest BCUT2D eigenvalue weighted by molar-refractivity contribution is 6.15. The van der Waals surface area contributed by atoms with Crippen LogP contribution in [0.4, 0.5) is 0 Å². The second kappa shape index (κ2) is 4.58. The van der Waals surface area contributed by atoms with Crippen LogP contribution in [0.3, 0.4) is 0 Å². The highest BCUT2D eigenvalue weighted by atomic mass is 14.5. The molecule has 0 spiro atoms. The Morgan fingerprint density at radius 2 is 0.647 bits per heavy atom. The lowest BCUT2D eigenvalue weighted by Gasteiger charge is -2.39. The summed E-state index contributed by atoms with van der Waals surface area (Å²) in [5.74, 6) is 0.740. The lowest BCUT2D eigenvalue weighted by Crippen LogP contribution is -2.22. The van der Waals surface area contributed by atoms with Gasteiger partial charge in [0.25, 0.3) is 0 Å². The van der Waals surface area contributed by atoms with E-state index in [-0.39, 0.29) is 0 Å². The van der Waals surface area contributed by atoms with Gasteiger partial charge < -0.3 is 0 Å². The molecule has 0 heteroatoms. The molecule has 6 aromatic carbocycles. The number of hydrogen-bond donors (Lipinski definition) is 0. The topological polar surface area (TPSA) is 0 Å². The molecule has 0 unspecified atom stereocenters. The van der Waals surface area contributed by atoms with Crippen molar-refractivity contribution in [2.45, 2.75) is 11.8 Å². The van der Waals surface area contributed by atoms with Crippen LogP contribution in [0.2, 0.25) is 0 Å². The minimum Gasteiger partial charge on any atom is -0.0610 e. The molecule has 0 saturated heterocycles. The highest BCUT2D eigenvalue weighted by Crippen LogP contribution is 2.69. The Labute approximate surface area is 196 Å². The van der Waals surface area contributed by atoms with Crippen molar-refractivity contribution >= 4 is 21.5 Å². The Bertz CT molecular complexity index is 1920. The van der Waals surface area contributed by atoms with Crippen molar-refractivity contribution in [3.8, 4) is 44.5 Å². The van der Waals surface area contributed by atoms with Crippen molar-refractivity contribution in [3.05, 3.63) is 118 Å². The van der Waals surface area contributed by atoms with Gasteiger partial charge in [-0.1, -0.05) is 84.9 Å². The zero-order valence-corrected chi connectivity index (χ0v) is 18.2. The van der Waals surface area contributed by atoms with Crippen molar-refractivity contribution in [3.63, 3.8) is 0 Å². The molecular weight excluding hydrogens is 408 g/mol. The van der Waals surface area contributed by atoms with Crippen LogP contribution in [0.5, 0.6) is 0 Å². The van der Waals surface area contributed by atoms with E-state index in [1.165, 1.54) is 66.1 Å². The maximum atomic E-state index is 2.44. The summed E-state index contributed by atoms with van der Waals surface area (Å²) in [4.78, 5) is 0. The zero-order valence-electron chi connectivity index (χ0n) is 18.2. The molecule has 5 aliphatic rings. The number of fused-ring (bicyclic) bond motifs is 4. The van der Waals surface area contributed by atoms with Crippen LogP contribution < -0.4 is 0 Å². The fourth-order valence-electron chi connectivity index (χ4n) is 8.66. The molecule has 11 rings (SSSR count). The summed E-state index contributed by atoms with van der Waals surface area (Å²) in [5.41, 5.74) is 21.2. The molecule has 2 atom stereocenters. The second-order valence-electron chi connectivity index (χ2n) is 10.7. The van der Waals surface area contributed by atoms with E-state index in [9.17, 15) is 0 Å². The first-order valence-electron chi connectivity index (χ1n) is 12.4. The van der Waals surface area contributed by atoms with Gasteiger partial charge in [0.1, 0.15) is 0 Å². The molecule has 0 N–H and O–H groups in total. The van der Waals surface area contributed by atoms with Crippen LogP contribution in [-0.2, 0) is 0 Å². The largest absolute Gasteiger partial charge is 0.0610 e. The smallest absolute Gasteiger partial charge is 0.0371 e. The van der Waals surface area contributed by atoms with Gasteiger partial charge in [0.15, 0.2) is 0 Å². The van der Waals surface area contributed by atoms with E-state index >= 15 is 0 Å². The molecule has 0 nitrogen and oxygen atoms in total. The first-order chi connectivity index (χ1) is 16.9. The molecule has 0 bridgehead atoms. The van der Waals surface area contributed by atoms with Gasteiger partial charge in [0, 0.05) is 11.8 Å². The van der Waals surface area contributed by atoms with E-state index in [1.807, 2.05) is 0 Å². The lowest BCUT2D eigenvalue weighted by molar-refractivity contribution is 0.861. The normalized spacial score (nSPS) is 19.2. The van der Waals surface area contributed by atoms with Gasteiger partial charge in [0.2, 0.25) is 0 Å². The molecular formula is C34H16. The Hall–Kier alpha value is -4.16. The molecule has 5 aliphatic carbocycles. The fourth-order valence-corrected chi connectivity index (χ4v) is 8.66. The third kappa shape index (κ3) is 1.31. The van der Waals surface area contributed by atoms with E-state index in [4.69, 9.17) is 0 Å². The van der Waals surface area contributed by atoms with Crippen molar-refractivity contribution in [1.29, 1.82) is 0 Å². The minimum absolute atomic E-state index is 0.370. The first kappa shape index (κ1) is 15.6. The van der Waals surface area contributed by atoms with Crippen molar-refractivity contribution in [2.24, 2.45) is 0 Å². The Morgan fingerprint density at radius 3 is 1.09 bits per heavy atom. The molecule has 0 saturated carbocycles. The molecule has 0 radical (unpaired) electrons. The maximum Gasteiger partial charge on any atom is 0.0371 e. The van der Waals surface area contributed by atoms with Gasteiger partial charge in [-0.2, -0.15) is 0 Å². The summed E-state index contributed by atoms with van der Waals surface area (Å²) in [6.45, 7) is 0. The third-order valence-electron chi connectivity index (χ3n) is 9.64. The molecule has 0 aromatic heterocycles. The SMILES string of the molecule is c1cc2c3c4c(ccc3c1)-c1ccc3c5c1[C@@H]4c1c-2ccc2c1[C@H]5c1c-3ccc3cccc-2c13. The number of benzene rings is 6. The monoisotopic (exact) mass is 424 g/mol. The number of hydrogen-bond acceptors (Lipinski definition) is 0. The lowest BCUT2D eigenvalue weighted by atomic mass is 9.63. The predicted octanol–water partition coefficient (Wildman–Crippen LogP) is 8.59. The van der Waals surface area contributed by atoms with Crippen LogP contribution in [0, 0.1) is 0 Å². The molecule has 152 valence electrons. The van der Waals surface area contributed by atoms with Crippen molar-refractivity contribution in [1.82, 2.24) is 0 Å². The summed E-state index contributed by atoms with van der Waals surface area (Å²) in [5, 5.41) is 5.72. The van der Waals surface area contributed by atoms with Gasteiger partial charge in [0.05, 0.1) is 0 Å². The molecule has 6 aromatic rings. The summed E-state index contributed by atoms with van der Waals surface area (Å²) < 4.78 is 0. The maximum absolute atomic E-state index is 2.44. The van der Waals surface area contributed by atoms with E-state index in [2.05, 4.69) is 84.9 Å². The molecule has 0 aliphatic heterocycles. The van der Waals surface area contributed by atoms with Crippen LogP contribution >= 0.6 is 0 Å². The van der Waals surface area contributed by atoms with Gasteiger partial charge in [-0.05, 0) is 99.4 Å². The summed E-state index contributed by atoms with van der Waals surface area (Å²) in [7, 11) is 0. The van der Waals surface area contributed by atoms with Crippen LogP contribution in [0.15, 0.2) is 84.9 Å². The first-order valence-corrected chi connectivity index (χ1v) is 12.4. The Kier molecular flexibility index (Phi) is 2.11. The second-order valence-corrected chi connectivity index (χ2v) is 10.7. The Balaban J connectivity index is 1.50. The van der Waals surface area contributed by atoms with Crippen LogP contribution in [-0.4, -0.2) is 0 Å². The van der Waals surface area contributed by atoms with Gasteiger partial charge in [-0.25, -0.2) is 0 Å². The zero-order chi connectivity index (χ0) is 21.4. The summed E-state index contributed by atoms with van der Waals surface area (Å²) in [6.07, 6.45) is 0. The van der Waals surface area contributed by atoms with E-state index in [0.717, 1.165) is 0 Å². The average Bonchev–Trinajstić information content (AvgIpc) is 3.41. The quantitative estimate of drug-likeness (QED) is 0.229. The van der Waals surface area contributed by atoms with Crippen LogP contribution in [0.25, 0.3) is 66.1 Å². The standard InChI is InChI=1S/C34H16/c1-3-15-7-9-19-23-13-14-24-20-10-8-16-4-2-6-18-22-12-11-21-17(5-1)25(15)27(19)33-29(21)30(22)34(28(20)26(16)18)32(24)31(23)33/h1-14,33-34H/t33-,34+. The average molecular weight is 425 g/mol. The minimum atomic E-state index is 0.370. The highest BCUT2D eigenvalue weighted by Gasteiger charge is 2.50. The molecule has 34 heavy (non-hydrogen) atoms. The Morgan fingerprint density at radius 1 is 0.294 bits per heavy atom. The van der Waals surface area contributed by atoms with Gasteiger partial charge >= 0.3 is 0 Å². The number of rotatable bonds is 0. The summed E-state index contributed by atoms with van der Waals surface area (Å²) >= 11 is 0.